The number of likely N-dealkylation sites (N-methyl/N-ethyl adjacent to an activating group) is 1. The standard InChI is InChI=1S/C16H21NO3S/c1-4-17(12-16(2,3)18)21(19,20)15-11-7-9-13-8-5-6-10-14(13)15/h5-11,18H,4,12H2,1-3H3. The first kappa shape index (κ1) is 15.9. The molecule has 21 heavy (non-hydrogen) atoms. The SMILES string of the molecule is CCN(CC(C)(C)O)S(=O)(=O)c1cccc2ccccc12. The maximum Gasteiger partial charge on any atom is 0.243 e. The summed E-state index contributed by atoms with van der Waals surface area (Å²) in [6.45, 7) is 5.36. The van der Waals surface area contributed by atoms with Crippen molar-refractivity contribution < 1.29 is 13.5 Å². The van der Waals surface area contributed by atoms with Crippen LogP contribution in [0.4, 0.5) is 0 Å². The first-order valence-electron chi connectivity index (χ1n) is 6.96. The minimum atomic E-state index is -3.64. The third kappa shape index (κ3) is 3.43. The van der Waals surface area contributed by atoms with Gasteiger partial charge in [-0.1, -0.05) is 43.3 Å². The third-order valence-corrected chi connectivity index (χ3v) is 5.26. The number of hydrogen-bond donors (Lipinski definition) is 1. The van der Waals surface area contributed by atoms with Gasteiger partial charge in [-0.3, -0.25) is 0 Å². The van der Waals surface area contributed by atoms with E-state index in [2.05, 4.69) is 0 Å². The van der Waals surface area contributed by atoms with Crippen molar-refractivity contribution in [2.75, 3.05) is 13.1 Å². The number of aliphatic hydroxyl groups is 1. The van der Waals surface area contributed by atoms with Gasteiger partial charge in [0.15, 0.2) is 0 Å². The summed E-state index contributed by atoms with van der Waals surface area (Å²) in [5, 5.41) is 11.5. The Labute approximate surface area is 126 Å². The largest absolute Gasteiger partial charge is 0.389 e. The van der Waals surface area contributed by atoms with Crippen molar-refractivity contribution in [1.29, 1.82) is 0 Å². The zero-order valence-corrected chi connectivity index (χ0v) is 13.4. The second-order valence-corrected chi connectivity index (χ2v) is 7.63. The molecule has 2 aromatic carbocycles. The minimum absolute atomic E-state index is 0.0645. The lowest BCUT2D eigenvalue weighted by atomic mass is 10.1. The number of hydrogen-bond acceptors (Lipinski definition) is 3. The summed E-state index contributed by atoms with van der Waals surface area (Å²) in [6.07, 6.45) is 0. The molecule has 0 aliphatic heterocycles. The zero-order chi connectivity index (χ0) is 15.7. The van der Waals surface area contributed by atoms with E-state index in [0.29, 0.717) is 11.9 Å². The molecule has 0 aliphatic rings. The van der Waals surface area contributed by atoms with Crippen LogP contribution < -0.4 is 0 Å². The molecule has 0 unspecified atom stereocenters. The molecule has 0 fully saturated rings. The number of rotatable bonds is 5. The van der Waals surface area contributed by atoms with Gasteiger partial charge in [0.05, 0.1) is 10.5 Å². The van der Waals surface area contributed by atoms with Crippen LogP contribution in [0.3, 0.4) is 0 Å². The van der Waals surface area contributed by atoms with Gasteiger partial charge < -0.3 is 5.11 Å². The first-order valence-corrected chi connectivity index (χ1v) is 8.40. The molecule has 4 nitrogen and oxygen atoms in total. The van der Waals surface area contributed by atoms with E-state index in [1.807, 2.05) is 24.3 Å². The second-order valence-electron chi connectivity index (χ2n) is 5.72. The molecule has 114 valence electrons. The first-order chi connectivity index (χ1) is 9.75. The van der Waals surface area contributed by atoms with E-state index in [-0.39, 0.29) is 11.4 Å². The Bertz CT molecular complexity index is 727. The minimum Gasteiger partial charge on any atom is -0.389 e. The Kier molecular flexibility index (Phi) is 4.37. The van der Waals surface area contributed by atoms with Gasteiger partial charge >= 0.3 is 0 Å². The van der Waals surface area contributed by atoms with Crippen molar-refractivity contribution in [1.82, 2.24) is 4.31 Å². The second kappa shape index (κ2) is 5.75. The van der Waals surface area contributed by atoms with Gasteiger partial charge in [-0.2, -0.15) is 4.31 Å². The number of fused-ring (bicyclic) bond motifs is 1. The molecular formula is C16H21NO3S. The molecule has 0 heterocycles. The number of nitrogens with zero attached hydrogens (tertiary/aromatic N) is 1. The average Bonchev–Trinajstić information content (AvgIpc) is 2.43. The van der Waals surface area contributed by atoms with Gasteiger partial charge in [-0.05, 0) is 25.3 Å². The molecule has 1 N–H and O–H groups in total. The number of benzene rings is 2. The Morgan fingerprint density at radius 2 is 1.71 bits per heavy atom. The number of sulfonamides is 1. The highest BCUT2D eigenvalue weighted by Gasteiger charge is 2.29. The predicted octanol–water partition coefficient (Wildman–Crippen LogP) is 2.62. The van der Waals surface area contributed by atoms with Crippen LogP contribution in [0.5, 0.6) is 0 Å². The van der Waals surface area contributed by atoms with Crippen molar-refractivity contribution in [3.8, 4) is 0 Å². The molecule has 0 bridgehead atoms. The molecule has 2 rings (SSSR count). The fourth-order valence-corrected chi connectivity index (χ4v) is 4.18. The Morgan fingerprint density at radius 1 is 1.10 bits per heavy atom. The maximum atomic E-state index is 12.9. The molecule has 0 saturated heterocycles. The summed E-state index contributed by atoms with van der Waals surface area (Å²) in [5.74, 6) is 0. The highest BCUT2D eigenvalue weighted by Crippen LogP contribution is 2.26. The van der Waals surface area contributed by atoms with E-state index in [0.717, 1.165) is 5.39 Å². The van der Waals surface area contributed by atoms with E-state index in [1.54, 1.807) is 39.0 Å². The molecule has 0 spiro atoms. The third-order valence-electron chi connectivity index (χ3n) is 3.28. The van der Waals surface area contributed by atoms with Gasteiger partial charge in [0, 0.05) is 18.5 Å². The molecule has 0 atom stereocenters. The van der Waals surface area contributed by atoms with E-state index >= 15 is 0 Å². The summed E-state index contributed by atoms with van der Waals surface area (Å²) in [4.78, 5) is 0.284. The highest BCUT2D eigenvalue weighted by molar-refractivity contribution is 7.89. The van der Waals surface area contributed by atoms with Crippen LogP contribution in [0.15, 0.2) is 47.4 Å². The van der Waals surface area contributed by atoms with Gasteiger partial charge in [-0.15, -0.1) is 0 Å². The van der Waals surface area contributed by atoms with Crippen molar-refractivity contribution >= 4 is 20.8 Å². The molecule has 0 aromatic heterocycles. The zero-order valence-electron chi connectivity index (χ0n) is 12.6. The molecule has 0 amide bonds. The fraction of sp³-hybridized carbons (Fsp3) is 0.375. The quantitative estimate of drug-likeness (QED) is 0.924. The molecule has 0 saturated carbocycles. The van der Waals surface area contributed by atoms with Crippen LogP contribution >= 0.6 is 0 Å². The van der Waals surface area contributed by atoms with Gasteiger partial charge in [0.25, 0.3) is 0 Å². The van der Waals surface area contributed by atoms with Crippen LogP contribution in [0.2, 0.25) is 0 Å². The van der Waals surface area contributed by atoms with Gasteiger partial charge in [-0.25, -0.2) is 8.42 Å². The smallest absolute Gasteiger partial charge is 0.243 e. The Hall–Kier alpha value is -1.43. The molecule has 0 radical (unpaired) electrons. The monoisotopic (exact) mass is 307 g/mol. The van der Waals surface area contributed by atoms with Crippen LogP contribution in [0.1, 0.15) is 20.8 Å². The Morgan fingerprint density at radius 3 is 2.33 bits per heavy atom. The van der Waals surface area contributed by atoms with E-state index in [9.17, 15) is 13.5 Å². The van der Waals surface area contributed by atoms with E-state index in [4.69, 9.17) is 0 Å². The molecule has 2 aromatic rings. The highest BCUT2D eigenvalue weighted by atomic mass is 32.2. The van der Waals surface area contributed by atoms with Gasteiger partial charge in [0.2, 0.25) is 10.0 Å². The van der Waals surface area contributed by atoms with E-state index < -0.39 is 15.6 Å². The maximum absolute atomic E-state index is 12.9. The summed E-state index contributed by atoms with van der Waals surface area (Å²) in [6, 6.07) is 12.7. The van der Waals surface area contributed by atoms with Crippen LogP contribution in [0, 0.1) is 0 Å². The van der Waals surface area contributed by atoms with Crippen molar-refractivity contribution in [2.45, 2.75) is 31.3 Å². The molecule has 0 aliphatic carbocycles. The summed E-state index contributed by atoms with van der Waals surface area (Å²) in [5.41, 5.74) is -1.08. The van der Waals surface area contributed by atoms with Crippen molar-refractivity contribution in [3.05, 3.63) is 42.5 Å². The summed E-state index contributed by atoms with van der Waals surface area (Å²) >= 11 is 0. The van der Waals surface area contributed by atoms with Crippen LogP contribution in [0.25, 0.3) is 10.8 Å². The normalized spacial score (nSPS) is 13.0. The lowest BCUT2D eigenvalue weighted by Crippen LogP contribution is -2.42. The Balaban J connectivity index is 2.55. The summed E-state index contributed by atoms with van der Waals surface area (Å²) < 4.78 is 27.1. The lowest BCUT2D eigenvalue weighted by molar-refractivity contribution is 0.0601. The average molecular weight is 307 g/mol. The van der Waals surface area contributed by atoms with E-state index in [1.165, 1.54) is 4.31 Å². The predicted molar refractivity (Wildman–Crippen MR) is 84.7 cm³/mol. The molecule has 5 heteroatoms. The van der Waals surface area contributed by atoms with Crippen LogP contribution in [-0.2, 0) is 10.0 Å². The van der Waals surface area contributed by atoms with Crippen molar-refractivity contribution in [2.24, 2.45) is 0 Å². The topological polar surface area (TPSA) is 57.6 Å². The van der Waals surface area contributed by atoms with Gasteiger partial charge in [0.1, 0.15) is 0 Å². The van der Waals surface area contributed by atoms with Crippen molar-refractivity contribution in [3.63, 3.8) is 0 Å². The molecular weight excluding hydrogens is 286 g/mol. The summed E-state index contributed by atoms with van der Waals surface area (Å²) in [7, 11) is -3.64. The fourth-order valence-electron chi connectivity index (χ4n) is 2.36. The lowest BCUT2D eigenvalue weighted by Gasteiger charge is -2.27. The van der Waals surface area contributed by atoms with Crippen LogP contribution in [-0.4, -0.2) is 36.5 Å².